The maximum absolute atomic E-state index is 13.5. The van der Waals surface area contributed by atoms with E-state index in [0.29, 0.717) is 33.2 Å². The normalized spacial score (nSPS) is 10.8. The van der Waals surface area contributed by atoms with Gasteiger partial charge < -0.3 is 10.1 Å². The first kappa shape index (κ1) is 22.2. The van der Waals surface area contributed by atoms with E-state index in [9.17, 15) is 14.0 Å². The standard InChI is InChI=1S/C25H15ClFN5O3/c26-17-5-8-19(20(13-17)35-14-33)25(34)30-21-12-16(9-11-28-21)24-23(15-3-6-18(27)7-4-15)31-22-2-1-10-29-32(22)24/h1-14H,(H,28,30,34). The molecule has 5 rings (SSSR count). The lowest BCUT2D eigenvalue weighted by atomic mass is 10.1. The maximum Gasteiger partial charge on any atom is 0.298 e. The van der Waals surface area contributed by atoms with Crippen LogP contribution in [0.25, 0.3) is 28.2 Å². The van der Waals surface area contributed by atoms with Gasteiger partial charge in [-0.2, -0.15) is 5.10 Å². The number of aromatic nitrogens is 4. The van der Waals surface area contributed by atoms with Crippen LogP contribution in [0.1, 0.15) is 10.4 Å². The number of amides is 1. The molecular weight excluding hydrogens is 473 g/mol. The number of pyridine rings is 1. The number of rotatable bonds is 6. The fourth-order valence-electron chi connectivity index (χ4n) is 3.62. The summed E-state index contributed by atoms with van der Waals surface area (Å²) in [6.07, 6.45) is 3.16. The smallest absolute Gasteiger partial charge is 0.298 e. The Morgan fingerprint density at radius 2 is 1.86 bits per heavy atom. The summed E-state index contributed by atoms with van der Waals surface area (Å²) >= 11 is 5.94. The first-order valence-electron chi connectivity index (χ1n) is 10.3. The lowest BCUT2D eigenvalue weighted by molar-refractivity contribution is -0.120. The molecular formula is C25H15ClFN5O3. The highest BCUT2D eigenvalue weighted by molar-refractivity contribution is 6.31. The molecule has 1 amide bonds. The molecule has 35 heavy (non-hydrogen) atoms. The van der Waals surface area contributed by atoms with Crippen LogP contribution in [-0.4, -0.2) is 32.0 Å². The highest BCUT2D eigenvalue weighted by atomic mass is 35.5. The molecule has 3 heterocycles. The summed E-state index contributed by atoms with van der Waals surface area (Å²) in [5.41, 5.74) is 3.30. The Hall–Kier alpha value is -4.63. The Balaban J connectivity index is 1.55. The van der Waals surface area contributed by atoms with Crippen LogP contribution in [0.3, 0.4) is 0 Å². The van der Waals surface area contributed by atoms with Crippen LogP contribution in [0, 0.1) is 5.82 Å². The van der Waals surface area contributed by atoms with E-state index in [1.165, 1.54) is 36.5 Å². The summed E-state index contributed by atoms with van der Waals surface area (Å²) in [5.74, 6) is -0.634. The lowest BCUT2D eigenvalue weighted by Gasteiger charge is -2.10. The minimum atomic E-state index is -0.543. The number of nitrogens with one attached hydrogen (secondary N) is 1. The second kappa shape index (κ2) is 9.32. The molecule has 5 aromatic rings. The van der Waals surface area contributed by atoms with E-state index < -0.39 is 5.91 Å². The second-order valence-corrected chi connectivity index (χ2v) is 7.78. The van der Waals surface area contributed by atoms with Crippen LogP contribution in [0.15, 0.2) is 79.1 Å². The highest BCUT2D eigenvalue weighted by Gasteiger charge is 2.19. The summed E-state index contributed by atoms with van der Waals surface area (Å²) < 4.78 is 20.1. The number of hydrogen-bond donors (Lipinski definition) is 1. The Morgan fingerprint density at radius 3 is 2.66 bits per heavy atom. The van der Waals surface area contributed by atoms with Gasteiger partial charge in [0.05, 0.1) is 11.3 Å². The number of imidazole rings is 1. The van der Waals surface area contributed by atoms with Gasteiger partial charge >= 0.3 is 0 Å². The number of hydrogen-bond acceptors (Lipinski definition) is 6. The number of carbonyl (C=O) groups is 2. The van der Waals surface area contributed by atoms with E-state index in [1.807, 2.05) is 6.07 Å². The summed E-state index contributed by atoms with van der Waals surface area (Å²) in [7, 11) is 0. The summed E-state index contributed by atoms with van der Waals surface area (Å²) in [5, 5.41) is 7.43. The third kappa shape index (κ3) is 4.44. The van der Waals surface area contributed by atoms with Crippen LogP contribution < -0.4 is 10.1 Å². The molecule has 0 saturated carbocycles. The SMILES string of the molecule is O=COc1cc(Cl)ccc1C(=O)Nc1cc(-c2c(-c3ccc(F)cc3)nc3cccnn23)ccn1. The average Bonchev–Trinajstić information content (AvgIpc) is 3.24. The zero-order valence-corrected chi connectivity index (χ0v) is 18.6. The fraction of sp³-hybridized carbons (Fsp3) is 0. The number of benzene rings is 2. The quantitative estimate of drug-likeness (QED) is 0.337. The van der Waals surface area contributed by atoms with Crippen LogP contribution in [-0.2, 0) is 4.79 Å². The molecule has 0 saturated heterocycles. The van der Waals surface area contributed by atoms with Gasteiger partial charge in [-0.25, -0.2) is 18.9 Å². The topological polar surface area (TPSA) is 98.5 Å². The van der Waals surface area contributed by atoms with Crippen LogP contribution >= 0.6 is 11.6 Å². The molecule has 8 nitrogen and oxygen atoms in total. The summed E-state index contributed by atoms with van der Waals surface area (Å²) in [6.45, 7) is 0.218. The maximum atomic E-state index is 13.5. The van der Waals surface area contributed by atoms with Crippen molar-refractivity contribution in [3.05, 3.63) is 95.5 Å². The van der Waals surface area contributed by atoms with E-state index in [0.717, 1.165) is 0 Å². The molecule has 0 fully saturated rings. The summed E-state index contributed by atoms with van der Waals surface area (Å²) in [4.78, 5) is 32.6. The molecule has 0 aliphatic heterocycles. The Morgan fingerprint density at radius 1 is 1.03 bits per heavy atom. The Labute approximate surface area is 203 Å². The molecule has 0 radical (unpaired) electrons. The van der Waals surface area contributed by atoms with Crippen molar-refractivity contribution in [2.24, 2.45) is 0 Å². The van der Waals surface area contributed by atoms with Crippen molar-refractivity contribution in [2.45, 2.75) is 0 Å². The number of carbonyl (C=O) groups excluding carboxylic acids is 2. The number of fused-ring (bicyclic) bond motifs is 1. The van der Waals surface area contributed by atoms with E-state index in [-0.39, 0.29) is 29.4 Å². The predicted octanol–water partition coefficient (Wildman–Crippen LogP) is 5.04. The summed E-state index contributed by atoms with van der Waals surface area (Å²) in [6, 6.07) is 17.3. The van der Waals surface area contributed by atoms with Crippen molar-refractivity contribution < 1.29 is 18.7 Å². The Bertz CT molecular complexity index is 1570. The highest BCUT2D eigenvalue weighted by Crippen LogP contribution is 2.33. The predicted molar refractivity (Wildman–Crippen MR) is 128 cm³/mol. The minimum Gasteiger partial charge on any atom is -0.428 e. The van der Waals surface area contributed by atoms with Gasteiger partial charge in [-0.05, 0) is 60.7 Å². The number of anilines is 1. The van der Waals surface area contributed by atoms with Crippen LogP contribution in [0.2, 0.25) is 5.02 Å². The van der Waals surface area contributed by atoms with Gasteiger partial charge in [-0.15, -0.1) is 0 Å². The van der Waals surface area contributed by atoms with Crippen LogP contribution in [0.5, 0.6) is 5.75 Å². The van der Waals surface area contributed by atoms with Gasteiger partial charge in [0.1, 0.15) is 23.1 Å². The number of nitrogens with zero attached hydrogens (tertiary/aromatic N) is 4. The van der Waals surface area contributed by atoms with Gasteiger partial charge in [0, 0.05) is 34.6 Å². The molecule has 10 heteroatoms. The Kier molecular flexibility index (Phi) is 5.90. The first-order chi connectivity index (χ1) is 17.0. The van der Waals surface area contributed by atoms with Crippen molar-refractivity contribution in [2.75, 3.05) is 5.32 Å². The van der Waals surface area contributed by atoms with Gasteiger partial charge in [0.25, 0.3) is 12.4 Å². The molecule has 0 unspecified atom stereocenters. The van der Waals surface area contributed by atoms with Gasteiger partial charge in [-0.1, -0.05) is 11.6 Å². The van der Waals surface area contributed by atoms with Crippen molar-refractivity contribution in [1.82, 2.24) is 19.6 Å². The molecule has 3 aromatic heterocycles. The third-order valence-corrected chi connectivity index (χ3v) is 5.38. The van der Waals surface area contributed by atoms with Crippen molar-refractivity contribution in [1.29, 1.82) is 0 Å². The molecule has 0 spiro atoms. The number of halogens is 2. The zero-order valence-electron chi connectivity index (χ0n) is 17.9. The monoisotopic (exact) mass is 487 g/mol. The van der Waals surface area contributed by atoms with Gasteiger partial charge in [-0.3, -0.25) is 9.59 Å². The molecule has 0 atom stereocenters. The first-order valence-corrected chi connectivity index (χ1v) is 10.7. The van der Waals surface area contributed by atoms with Gasteiger partial charge in [0.15, 0.2) is 5.65 Å². The van der Waals surface area contributed by atoms with Crippen molar-refractivity contribution in [3.8, 4) is 28.3 Å². The average molecular weight is 488 g/mol. The molecule has 1 N–H and O–H groups in total. The molecule has 0 bridgehead atoms. The van der Waals surface area contributed by atoms with E-state index in [4.69, 9.17) is 16.3 Å². The fourth-order valence-corrected chi connectivity index (χ4v) is 3.78. The van der Waals surface area contributed by atoms with E-state index in [1.54, 1.807) is 41.0 Å². The zero-order chi connectivity index (χ0) is 24.4. The molecule has 0 aliphatic carbocycles. The third-order valence-electron chi connectivity index (χ3n) is 5.15. The minimum absolute atomic E-state index is 0.0192. The van der Waals surface area contributed by atoms with E-state index >= 15 is 0 Å². The largest absolute Gasteiger partial charge is 0.428 e. The number of ether oxygens (including phenoxy) is 1. The van der Waals surface area contributed by atoms with Gasteiger partial charge in [0.2, 0.25) is 0 Å². The second-order valence-electron chi connectivity index (χ2n) is 7.35. The molecule has 0 aliphatic rings. The van der Waals surface area contributed by atoms with Crippen LogP contribution in [0.4, 0.5) is 10.2 Å². The lowest BCUT2D eigenvalue weighted by Crippen LogP contribution is -2.14. The molecule has 2 aromatic carbocycles. The van der Waals surface area contributed by atoms with E-state index in [2.05, 4.69) is 20.4 Å². The van der Waals surface area contributed by atoms with Crippen molar-refractivity contribution >= 4 is 35.4 Å². The van der Waals surface area contributed by atoms with Crippen molar-refractivity contribution in [3.63, 3.8) is 0 Å². The molecule has 172 valence electrons.